The van der Waals surface area contributed by atoms with Crippen molar-refractivity contribution in [3.05, 3.63) is 0 Å². The van der Waals surface area contributed by atoms with Crippen molar-refractivity contribution in [1.29, 1.82) is 0 Å². The van der Waals surface area contributed by atoms with Gasteiger partial charge in [-0.2, -0.15) is 0 Å². The fourth-order valence-corrected chi connectivity index (χ4v) is 2.31. The summed E-state index contributed by atoms with van der Waals surface area (Å²) in [4.78, 5) is 2.51. The molecule has 0 heterocycles. The second-order valence-electron chi connectivity index (χ2n) is 4.28. The van der Waals surface area contributed by atoms with Gasteiger partial charge >= 0.3 is 0 Å². The third-order valence-corrected chi connectivity index (χ3v) is 3.45. The van der Waals surface area contributed by atoms with Crippen molar-refractivity contribution in [3.63, 3.8) is 0 Å². The summed E-state index contributed by atoms with van der Waals surface area (Å²) in [5.41, 5.74) is 5.82. The van der Waals surface area contributed by atoms with Crippen LogP contribution in [-0.2, 0) is 0 Å². The molecule has 0 bridgehead atoms. The predicted octanol–water partition coefficient (Wildman–Crippen LogP) is 1.84. The maximum Gasteiger partial charge on any atom is 0.0246 e. The first-order chi connectivity index (χ1) is 6.24. The van der Waals surface area contributed by atoms with Crippen LogP contribution in [0.2, 0.25) is 0 Å². The highest BCUT2D eigenvalue weighted by Gasteiger charge is 2.34. The van der Waals surface area contributed by atoms with E-state index in [0.29, 0.717) is 6.04 Å². The molecule has 2 nitrogen and oxygen atoms in total. The van der Waals surface area contributed by atoms with E-state index in [0.717, 1.165) is 18.5 Å². The van der Waals surface area contributed by atoms with Crippen LogP contribution in [0.3, 0.4) is 0 Å². The zero-order valence-corrected chi connectivity index (χ0v) is 9.29. The number of hydrogen-bond acceptors (Lipinski definition) is 2. The minimum Gasteiger partial charge on any atom is -0.329 e. The van der Waals surface area contributed by atoms with Crippen LogP contribution in [-0.4, -0.2) is 30.6 Å². The number of nitrogens with two attached hydrogens (primary N) is 1. The molecular formula is C11H24N2. The molecule has 1 aliphatic carbocycles. The first kappa shape index (κ1) is 11.0. The van der Waals surface area contributed by atoms with E-state index in [4.69, 9.17) is 5.73 Å². The van der Waals surface area contributed by atoms with E-state index >= 15 is 0 Å². The normalized spacial score (nSPS) is 19.8. The lowest BCUT2D eigenvalue weighted by Crippen LogP contribution is -2.45. The van der Waals surface area contributed by atoms with Crippen LogP contribution in [0.4, 0.5) is 0 Å². The minimum absolute atomic E-state index is 0.643. The van der Waals surface area contributed by atoms with Crippen LogP contribution >= 0.6 is 0 Å². The summed E-state index contributed by atoms with van der Waals surface area (Å²) in [6, 6.07) is 1.37. The fourth-order valence-electron chi connectivity index (χ4n) is 2.31. The quantitative estimate of drug-likeness (QED) is 0.682. The molecule has 1 fully saturated rings. The summed E-state index contributed by atoms with van der Waals surface area (Å²) in [5, 5.41) is 0. The summed E-state index contributed by atoms with van der Waals surface area (Å²) in [6.07, 6.45) is 5.28. The Morgan fingerprint density at radius 2 is 1.85 bits per heavy atom. The van der Waals surface area contributed by atoms with Gasteiger partial charge in [-0.25, -0.2) is 0 Å². The first-order valence-corrected chi connectivity index (χ1v) is 5.66. The Morgan fingerprint density at radius 1 is 1.31 bits per heavy atom. The zero-order valence-electron chi connectivity index (χ0n) is 9.29. The van der Waals surface area contributed by atoms with Crippen molar-refractivity contribution in [3.8, 4) is 0 Å². The Bertz CT molecular complexity index is 139. The Labute approximate surface area is 82.5 Å². The lowest BCUT2D eigenvalue weighted by Gasteiger charge is -2.33. The number of hydrogen-bond donors (Lipinski definition) is 1. The Hall–Kier alpha value is -0.0800. The molecule has 1 rings (SSSR count). The van der Waals surface area contributed by atoms with Gasteiger partial charge in [-0.15, -0.1) is 0 Å². The molecule has 0 saturated heterocycles. The van der Waals surface area contributed by atoms with E-state index in [-0.39, 0.29) is 0 Å². The second-order valence-corrected chi connectivity index (χ2v) is 4.28. The number of nitrogens with zero attached hydrogens (tertiary/aromatic N) is 1. The summed E-state index contributed by atoms with van der Waals surface area (Å²) in [5.74, 6) is 0.899. The van der Waals surface area contributed by atoms with Gasteiger partial charge in [0.25, 0.3) is 0 Å². The summed E-state index contributed by atoms with van der Waals surface area (Å²) >= 11 is 0. The monoisotopic (exact) mass is 184 g/mol. The van der Waals surface area contributed by atoms with E-state index in [1.165, 1.54) is 25.7 Å². The Kier molecular flexibility index (Phi) is 4.20. The van der Waals surface area contributed by atoms with Gasteiger partial charge in [-0.3, -0.25) is 4.90 Å². The van der Waals surface area contributed by atoms with E-state index < -0.39 is 0 Å². The first-order valence-electron chi connectivity index (χ1n) is 5.66. The lowest BCUT2D eigenvalue weighted by molar-refractivity contribution is 0.151. The fraction of sp³-hybridized carbons (Fsp3) is 1.00. The highest BCUT2D eigenvalue weighted by atomic mass is 15.2. The molecule has 0 aromatic carbocycles. The molecule has 2 N–H and O–H groups in total. The highest BCUT2D eigenvalue weighted by Crippen LogP contribution is 2.35. The molecule has 13 heavy (non-hydrogen) atoms. The van der Waals surface area contributed by atoms with Gasteiger partial charge in [0.2, 0.25) is 0 Å². The molecule has 1 aliphatic rings. The maximum absolute atomic E-state index is 5.82. The molecule has 0 radical (unpaired) electrons. The van der Waals surface area contributed by atoms with Crippen LogP contribution in [0.25, 0.3) is 0 Å². The third kappa shape index (κ3) is 2.68. The van der Waals surface area contributed by atoms with E-state index in [9.17, 15) is 0 Å². The van der Waals surface area contributed by atoms with Crippen molar-refractivity contribution in [2.45, 2.75) is 51.6 Å². The SMILES string of the molecule is CCC(CC)N(C)C(CN)C1CC1. The molecule has 0 spiro atoms. The molecule has 1 saturated carbocycles. The summed E-state index contributed by atoms with van der Waals surface area (Å²) in [6.45, 7) is 5.37. The van der Waals surface area contributed by atoms with Crippen molar-refractivity contribution in [2.75, 3.05) is 13.6 Å². The Balaban J connectivity index is 2.45. The van der Waals surface area contributed by atoms with Gasteiger partial charge in [-0.05, 0) is 38.6 Å². The molecule has 78 valence electrons. The molecule has 0 aromatic heterocycles. The van der Waals surface area contributed by atoms with E-state index in [1.54, 1.807) is 0 Å². The van der Waals surface area contributed by atoms with Crippen molar-refractivity contribution in [2.24, 2.45) is 11.7 Å². The lowest BCUT2D eigenvalue weighted by atomic mass is 10.1. The summed E-state index contributed by atoms with van der Waals surface area (Å²) < 4.78 is 0. The average Bonchev–Trinajstić information content (AvgIpc) is 2.92. The molecule has 1 atom stereocenters. The molecular weight excluding hydrogens is 160 g/mol. The van der Waals surface area contributed by atoms with Crippen LogP contribution < -0.4 is 5.73 Å². The van der Waals surface area contributed by atoms with Crippen LogP contribution in [0.15, 0.2) is 0 Å². The van der Waals surface area contributed by atoms with Crippen LogP contribution in [0, 0.1) is 5.92 Å². The number of likely N-dealkylation sites (N-methyl/N-ethyl adjacent to an activating group) is 1. The van der Waals surface area contributed by atoms with Gasteiger partial charge < -0.3 is 5.73 Å². The van der Waals surface area contributed by atoms with Crippen LogP contribution in [0.1, 0.15) is 39.5 Å². The van der Waals surface area contributed by atoms with Gasteiger partial charge in [0, 0.05) is 18.6 Å². The molecule has 1 unspecified atom stereocenters. The van der Waals surface area contributed by atoms with Crippen molar-refractivity contribution < 1.29 is 0 Å². The number of rotatable bonds is 6. The van der Waals surface area contributed by atoms with Crippen molar-refractivity contribution >= 4 is 0 Å². The van der Waals surface area contributed by atoms with Gasteiger partial charge in [-0.1, -0.05) is 13.8 Å². The standard InChI is InChI=1S/C11H24N2/c1-4-10(5-2)13(3)11(8-12)9-6-7-9/h9-11H,4-8,12H2,1-3H3. The predicted molar refractivity (Wildman–Crippen MR) is 57.7 cm³/mol. The van der Waals surface area contributed by atoms with Gasteiger partial charge in [0.1, 0.15) is 0 Å². The largest absolute Gasteiger partial charge is 0.329 e. The highest BCUT2D eigenvalue weighted by molar-refractivity contribution is 4.89. The topological polar surface area (TPSA) is 29.3 Å². The summed E-state index contributed by atoms with van der Waals surface area (Å²) in [7, 11) is 2.24. The molecule has 0 amide bonds. The Morgan fingerprint density at radius 3 is 2.15 bits per heavy atom. The van der Waals surface area contributed by atoms with Gasteiger partial charge in [0.15, 0.2) is 0 Å². The van der Waals surface area contributed by atoms with Crippen LogP contribution in [0.5, 0.6) is 0 Å². The van der Waals surface area contributed by atoms with E-state index in [1.807, 2.05) is 0 Å². The second kappa shape index (κ2) is 4.97. The molecule has 0 aliphatic heterocycles. The smallest absolute Gasteiger partial charge is 0.0246 e. The van der Waals surface area contributed by atoms with E-state index in [2.05, 4.69) is 25.8 Å². The zero-order chi connectivity index (χ0) is 9.84. The van der Waals surface area contributed by atoms with Crippen molar-refractivity contribution in [1.82, 2.24) is 4.90 Å². The van der Waals surface area contributed by atoms with Gasteiger partial charge in [0.05, 0.1) is 0 Å². The molecule has 0 aromatic rings. The third-order valence-electron chi connectivity index (χ3n) is 3.45. The average molecular weight is 184 g/mol. The maximum atomic E-state index is 5.82. The molecule has 2 heteroatoms. The minimum atomic E-state index is 0.643.